The van der Waals surface area contributed by atoms with Gasteiger partial charge in [0, 0.05) is 27.7 Å². The van der Waals surface area contributed by atoms with Crippen molar-refractivity contribution in [3.8, 4) is 55.6 Å². The Balaban J connectivity index is 0.978. The molecular formula is C62H41NO. The van der Waals surface area contributed by atoms with Crippen molar-refractivity contribution in [1.82, 2.24) is 0 Å². The molecule has 0 N–H and O–H groups in total. The van der Waals surface area contributed by atoms with Crippen molar-refractivity contribution < 1.29 is 4.42 Å². The molecule has 300 valence electrons. The van der Waals surface area contributed by atoms with Crippen molar-refractivity contribution in [1.29, 1.82) is 0 Å². The zero-order chi connectivity index (χ0) is 42.4. The highest BCUT2D eigenvalue weighted by atomic mass is 16.3. The van der Waals surface area contributed by atoms with Crippen LogP contribution in [0.4, 0.5) is 17.1 Å². The molecule has 1 heterocycles. The number of benzene rings is 11. The summed E-state index contributed by atoms with van der Waals surface area (Å²) in [6, 6.07) is 89.8. The first-order valence-electron chi connectivity index (χ1n) is 21.9. The summed E-state index contributed by atoms with van der Waals surface area (Å²) < 4.78 is 6.30. The van der Waals surface area contributed by atoms with E-state index in [1.54, 1.807) is 0 Å². The predicted octanol–water partition coefficient (Wildman–Crippen LogP) is 17.7. The van der Waals surface area contributed by atoms with E-state index in [0.29, 0.717) is 0 Å². The molecule has 0 amide bonds. The van der Waals surface area contributed by atoms with E-state index in [0.717, 1.165) is 72.4 Å². The molecule has 64 heavy (non-hydrogen) atoms. The Hall–Kier alpha value is -8.46. The number of para-hydroxylation sites is 1. The smallest absolute Gasteiger partial charge is 0.136 e. The Kier molecular flexibility index (Phi) is 9.20. The van der Waals surface area contributed by atoms with Crippen LogP contribution in [0.15, 0.2) is 253 Å². The van der Waals surface area contributed by atoms with E-state index >= 15 is 0 Å². The second-order valence-corrected chi connectivity index (χ2v) is 16.5. The predicted molar refractivity (Wildman–Crippen MR) is 271 cm³/mol. The van der Waals surface area contributed by atoms with Gasteiger partial charge in [-0.3, -0.25) is 0 Å². The van der Waals surface area contributed by atoms with Crippen LogP contribution < -0.4 is 4.90 Å². The molecule has 0 radical (unpaired) electrons. The van der Waals surface area contributed by atoms with Crippen LogP contribution in [-0.4, -0.2) is 0 Å². The van der Waals surface area contributed by atoms with E-state index in [9.17, 15) is 0 Å². The summed E-state index contributed by atoms with van der Waals surface area (Å²) in [5.41, 5.74) is 16.7. The molecule has 11 aromatic carbocycles. The molecule has 0 atom stereocenters. The van der Waals surface area contributed by atoms with Gasteiger partial charge in [-0.15, -0.1) is 0 Å². The molecule has 0 fully saturated rings. The van der Waals surface area contributed by atoms with Crippen LogP contribution in [0.3, 0.4) is 0 Å². The first-order valence-corrected chi connectivity index (χ1v) is 21.9. The standard InChI is InChI=1S/C62H41NO/c1-2-12-47(13-3-1)57-38-33-50(56-22-11-17-46-15-5-7-19-54(46)56)40-60(57)63(52-36-30-44(31-37-52)49-32-39-59-58-20-8-9-23-61(58)64-62(59)41-49)51-34-28-43(29-35-51)42-24-26-48(27-25-42)55-21-10-16-45-14-4-6-18-53(45)55/h1-41H. The number of fused-ring (bicyclic) bond motifs is 5. The summed E-state index contributed by atoms with van der Waals surface area (Å²) in [6.07, 6.45) is 0. The Morgan fingerprint density at radius 1 is 0.250 bits per heavy atom. The van der Waals surface area contributed by atoms with Gasteiger partial charge in [-0.1, -0.05) is 200 Å². The molecule has 0 saturated carbocycles. The first kappa shape index (κ1) is 37.3. The van der Waals surface area contributed by atoms with E-state index in [-0.39, 0.29) is 0 Å². The molecule has 1 aromatic heterocycles. The van der Waals surface area contributed by atoms with Gasteiger partial charge in [0.1, 0.15) is 11.2 Å². The lowest BCUT2D eigenvalue weighted by Gasteiger charge is -2.29. The maximum Gasteiger partial charge on any atom is 0.136 e. The maximum atomic E-state index is 6.30. The zero-order valence-electron chi connectivity index (χ0n) is 35.0. The van der Waals surface area contributed by atoms with Gasteiger partial charge in [-0.25, -0.2) is 0 Å². The summed E-state index contributed by atoms with van der Waals surface area (Å²) in [6.45, 7) is 0. The van der Waals surface area contributed by atoms with Crippen molar-refractivity contribution >= 4 is 60.5 Å². The Morgan fingerprint density at radius 2 is 0.703 bits per heavy atom. The van der Waals surface area contributed by atoms with Crippen molar-refractivity contribution in [2.45, 2.75) is 0 Å². The molecule has 0 aliphatic carbocycles. The lowest BCUT2D eigenvalue weighted by Crippen LogP contribution is -2.11. The zero-order valence-corrected chi connectivity index (χ0v) is 35.0. The quantitative estimate of drug-likeness (QED) is 0.152. The minimum Gasteiger partial charge on any atom is -0.456 e. The first-order chi connectivity index (χ1) is 31.7. The van der Waals surface area contributed by atoms with Crippen LogP contribution in [0.2, 0.25) is 0 Å². The highest BCUT2D eigenvalue weighted by Gasteiger charge is 2.20. The van der Waals surface area contributed by atoms with E-state index < -0.39 is 0 Å². The molecule has 12 aromatic rings. The number of nitrogens with zero attached hydrogens (tertiary/aromatic N) is 1. The summed E-state index contributed by atoms with van der Waals surface area (Å²) in [5, 5.41) is 7.24. The van der Waals surface area contributed by atoms with Crippen molar-refractivity contribution in [2.75, 3.05) is 4.90 Å². The van der Waals surface area contributed by atoms with Crippen LogP contribution in [0.1, 0.15) is 0 Å². The summed E-state index contributed by atoms with van der Waals surface area (Å²) in [7, 11) is 0. The Labute approximate surface area is 372 Å². The average Bonchev–Trinajstić information content (AvgIpc) is 3.75. The van der Waals surface area contributed by atoms with Gasteiger partial charge in [0.25, 0.3) is 0 Å². The lowest BCUT2D eigenvalue weighted by molar-refractivity contribution is 0.669. The van der Waals surface area contributed by atoms with Gasteiger partial charge in [-0.05, 0) is 120 Å². The maximum absolute atomic E-state index is 6.30. The number of rotatable bonds is 8. The molecule has 0 spiro atoms. The van der Waals surface area contributed by atoms with Gasteiger partial charge in [0.15, 0.2) is 0 Å². The van der Waals surface area contributed by atoms with Gasteiger partial charge < -0.3 is 9.32 Å². The molecule has 0 bridgehead atoms. The molecule has 0 aliphatic heterocycles. The lowest BCUT2D eigenvalue weighted by atomic mass is 9.94. The third-order valence-electron chi connectivity index (χ3n) is 12.7. The molecule has 0 aliphatic rings. The fourth-order valence-electron chi connectivity index (χ4n) is 9.48. The summed E-state index contributed by atoms with van der Waals surface area (Å²) >= 11 is 0. The molecule has 2 heteroatoms. The number of hydrogen-bond donors (Lipinski definition) is 0. The molecule has 2 nitrogen and oxygen atoms in total. The van der Waals surface area contributed by atoms with E-state index in [4.69, 9.17) is 4.42 Å². The fraction of sp³-hybridized carbons (Fsp3) is 0. The van der Waals surface area contributed by atoms with Crippen molar-refractivity contribution in [3.05, 3.63) is 249 Å². The summed E-state index contributed by atoms with van der Waals surface area (Å²) in [5.74, 6) is 0. The van der Waals surface area contributed by atoms with Crippen LogP contribution in [0, 0.1) is 0 Å². The Morgan fingerprint density at radius 3 is 1.36 bits per heavy atom. The number of hydrogen-bond acceptors (Lipinski definition) is 2. The molecule has 12 rings (SSSR count). The van der Waals surface area contributed by atoms with Crippen LogP contribution in [0.5, 0.6) is 0 Å². The largest absolute Gasteiger partial charge is 0.456 e. The fourth-order valence-corrected chi connectivity index (χ4v) is 9.48. The monoisotopic (exact) mass is 815 g/mol. The molecule has 0 saturated heterocycles. The SMILES string of the molecule is c1ccc(-c2ccc(-c3cccc4ccccc34)cc2N(c2ccc(-c3ccc(-c4cccc5ccccc45)cc3)cc2)c2ccc(-c3ccc4c(c3)oc3ccccc34)cc2)cc1. The van der Waals surface area contributed by atoms with Crippen LogP contribution >= 0.6 is 0 Å². The van der Waals surface area contributed by atoms with Crippen molar-refractivity contribution in [2.24, 2.45) is 0 Å². The highest BCUT2D eigenvalue weighted by Crippen LogP contribution is 2.45. The topological polar surface area (TPSA) is 16.4 Å². The second-order valence-electron chi connectivity index (χ2n) is 16.5. The van der Waals surface area contributed by atoms with Gasteiger partial charge in [-0.2, -0.15) is 0 Å². The van der Waals surface area contributed by atoms with E-state index in [2.05, 4.69) is 241 Å². The highest BCUT2D eigenvalue weighted by molar-refractivity contribution is 6.06. The third kappa shape index (κ3) is 6.70. The minimum atomic E-state index is 0.894. The minimum absolute atomic E-state index is 0.894. The van der Waals surface area contributed by atoms with Gasteiger partial charge in [0.05, 0.1) is 5.69 Å². The van der Waals surface area contributed by atoms with Crippen LogP contribution in [-0.2, 0) is 0 Å². The van der Waals surface area contributed by atoms with E-state index in [1.807, 2.05) is 12.1 Å². The third-order valence-corrected chi connectivity index (χ3v) is 12.7. The molecular weight excluding hydrogens is 775 g/mol. The Bertz CT molecular complexity index is 3630. The van der Waals surface area contributed by atoms with Gasteiger partial charge in [0.2, 0.25) is 0 Å². The summed E-state index contributed by atoms with van der Waals surface area (Å²) in [4.78, 5) is 2.41. The number of furan rings is 1. The van der Waals surface area contributed by atoms with Crippen LogP contribution in [0.25, 0.3) is 99.1 Å². The number of anilines is 3. The normalized spacial score (nSPS) is 11.4. The van der Waals surface area contributed by atoms with Gasteiger partial charge >= 0.3 is 0 Å². The second kappa shape index (κ2) is 15.8. The van der Waals surface area contributed by atoms with E-state index in [1.165, 1.54) is 43.8 Å². The average molecular weight is 816 g/mol. The molecule has 0 unspecified atom stereocenters. The van der Waals surface area contributed by atoms with Crippen molar-refractivity contribution in [3.63, 3.8) is 0 Å².